The molecule has 0 amide bonds. The number of rotatable bonds is 5. The van der Waals surface area contributed by atoms with Crippen LogP contribution >= 0.6 is 11.6 Å². The van der Waals surface area contributed by atoms with Gasteiger partial charge in [-0.15, -0.1) is 0 Å². The number of halogens is 1. The van der Waals surface area contributed by atoms with Gasteiger partial charge in [0.05, 0.1) is 11.4 Å². The summed E-state index contributed by atoms with van der Waals surface area (Å²) in [6.45, 7) is 1.32. The third kappa shape index (κ3) is 3.05. The fraction of sp³-hybridized carbons (Fsp3) is 0.214. The van der Waals surface area contributed by atoms with Crippen LogP contribution in [0.15, 0.2) is 30.5 Å². The van der Waals surface area contributed by atoms with Gasteiger partial charge in [-0.2, -0.15) is 0 Å². The monoisotopic (exact) mass is 293 g/mol. The lowest BCUT2D eigenvalue weighted by Gasteiger charge is -2.15. The molecule has 1 aromatic carbocycles. The highest BCUT2D eigenvalue weighted by molar-refractivity contribution is 6.35. The molecule has 1 aromatic heterocycles. The number of Topliss-reactive ketones (excluding diaryl/α,β-unsaturated/α-hetero) is 1. The van der Waals surface area contributed by atoms with E-state index < -0.39 is 12.1 Å². The van der Waals surface area contributed by atoms with Crippen LogP contribution in [0.3, 0.4) is 0 Å². The lowest BCUT2D eigenvalue weighted by Crippen LogP contribution is -2.29. The topological polar surface area (TPSA) is 76.5 Å². The molecule has 0 saturated carbocycles. The number of aliphatic carboxylic acids is 1. The number of benzene rings is 1. The van der Waals surface area contributed by atoms with Crippen molar-refractivity contribution in [2.24, 2.45) is 0 Å². The first-order valence-electron chi connectivity index (χ1n) is 5.91. The maximum Gasteiger partial charge on any atom is 0.345 e. The number of hydrogen-bond donors (Lipinski definition) is 1. The van der Waals surface area contributed by atoms with Crippen molar-refractivity contribution in [3.05, 3.63) is 35.5 Å². The van der Waals surface area contributed by atoms with Crippen LogP contribution < -0.4 is 4.74 Å². The highest BCUT2D eigenvalue weighted by Crippen LogP contribution is 2.30. The minimum absolute atomic E-state index is 0.202. The standard InChI is InChI=1S/C14H12ClNO4/c1-8(17)7-12(14(18)19)20-11-5-4-10(15)9-3-2-6-16-13(9)11/h2-6,12H,7H2,1H3,(H,18,19). The first-order valence-corrected chi connectivity index (χ1v) is 6.29. The van der Waals surface area contributed by atoms with E-state index in [1.54, 1.807) is 30.5 Å². The summed E-state index contributed by atoms with van der Waals surface area (Å²) < 4.78 is 5.41. The Morgan fingerprint density at radius 2 is 2.15 bits per heavy atom. The van der Waals surface area contributed by atoms with Crippen molar-refractivity contribution in [3.63, 3.8) is 0 Å². The zero-order chi connectivity index (χ0) is 14.7. The molecule has 20 heavy (non-hydrogen) atoms. The number of aromatic nitrogens is 1. The molecule has 1 unspecified atom stereocenters. The quantitative estimate of drug-likeness (QED) is 0.917. The van der Waals surface area contributed by atoms with E-state index in [-0.39, 0.29) is 12.2 Å². The van der Waals surface area contributed by atoms with E-state index in [1.807, 2.05) is 0 Å². The summed E-state index contributed by atoms with van der Waals surface area (Å²) in [6, 6.07) is 6.64. The Balaban J connectivity index is 2.40. The molecule has 0 spiro atoms. The lowest BCUT2D eigenvalue weighted by atomic mass is 10.1. The molecule has 0 fully saturated rings. The Labute approximate surface area is 120 Å². The van der Waals surface area contributed by atoms with Crippen LogP contribution in [0.4, 0.5) is 0 Å². The molecule has 0 bridgehead atoms. The fourth-order valence-corrected chi connectivity index (χ4v) is 2.02. The molecule has 0 aliphatic carbocycles. The van der Waals surface area contributed by atoms with Gasteiger partial charge in [0, 0.05) is 11.6 Å². The summed E-state index contributed by atoms with van der Waals surface area (Å²) in [5, 5.41) is 10.3. The molecule has 1 N–H and O–H groups in total. The van der Waals surface area contributed by atoms with Gasteiger partial charge in [-0.25, -0.2) is 4.79 Å². The molecule has 2 aromatic rings. The summed E-state index contributed by atoms with van der Waals surface area (Å²) in [5.74, 6) is -1.17. The molecule has 1 heterocycles. The normalized spacial score (nSPS) is 12.1. The van der Waals surface area contributed by atoms with Crippen molar-refractivity contribution in [1.82, 2.24) is 4.98 Å². The molecular formula is C14H12ClNO4. The molecular weight excluding hydrogens is 282 g/mol. The largest absolute Gasteiger partial charge is 0.478 e. The molecule has 0 aliphatic heterocycles. The van der Waals surface area contributed by atoms with Crippen molar-refractivity contribution in [3.8, 4) is 5.75 Å². The predicted molar refractivity (Wildman–Crippen MR) is 74.1 cm³/mol. The Morgan fingerprint density at radius 3 is 2.80 bits per heavy atom. The number of pyridine rings is 1. The van der Waals surface area contributed by atoms with Crippen LogP contribution in [0.5, 0.6) is 5.75 Å². The second kappa shape index (κ2) is 5.88. The average Bonchev–Trinajstić information content (AvgIpc) is 2.40. The van der Waals surface area contributed by atoms with Crippen LogP contribution in [0.25, 0.3) is 10.9 Å². The molecule has 5 nitrogen and oxygen atoms in total. The number of carboxylic acid groups (broad SMARTS) is 1. The van der Waals surface area contributed by atoms with Crippen molar-refractivity contribution < 1.29 is 19.4 Å². The number of carbonyl (C=O) groups is 2. The van der Waals surface area contributed by atoms with Crippen molar-refractivity contribution >= 4 is 34.3 Å². The van der Waals surface area contributed by atoms with Gasteiger partial charge in [-0.05, 0) is 31.2 Å². The van der Waals surface area contributed by atoms with Crippen LogP contribution in [-0.4, -0.2) is 27.9 Å². The number of hydrogen-bond acceptors (Lipinski definition) is 4. The molecule has 0 saturated heterocycles. The van der Waals surface area contributed by atoms with Gasteiger partial charge in [0.25, 0.3) is 0 Å². The van der Waals surface area contributed by atoms with Crippen LogP contribution in [0, 0.1) is 0 Å². The van der Waals surface area contributed by atoms with Crippen LogP contribution in [0.2, 0.25) is 5.02 Å². The van der Waals surface area contributed by atoms with Crippen molar-refractivity contribution in [1.29, 1.82) is 0 Å². The van der Waals surface area contributed by atoms with E-state index in [0.717, 1.165) is 0 Å². The lowest BCUT2D eigenvalue weighted by molar-refractivity contribution is -0.147. The zero-order valence-electron chi connectivity index (χ0n) is 10.7. The Kier molecular flexibility index (Phi) is 4.20. The number of nitrogens with zero attached hydrogens (tertiary/aromatic N) is 1. The average molecular weight is 294 g/mol. The second-order valence-electron chi connectivity index (χ2n) is 4.30. The number of ketones is 1. The molecule has 6 heteroatoms. The van der Waals surface area contributed by atoms with E-state index in [2.05, 4.69) is 4.98 Å². The third-order valence-corrected chi connectivity index (χ3v) is 3.03. The van der Waals surface area contributed by atoms with E-state index in [1.165, 1.54) is 6.92 Å². The number of carboxylic acids is 1. The minimum Gasteiger partial charge on any atom is -0.478 e. The Morgan fingerprint density at radius 1 is 1.40 bits per heavy atom. The summed E-state index contributed by atoms with van der Waals surface area (Å²) in [6.07, 6.45) is 0.123. The summed E-state index contributed by atoms with van der Waals surface area (Å²) in [7, 11) is 0. The van der Waals surface area contributed by atoms with Gasteiger partial charge in [0.1, 0.15) is 17.0 Å². The van der Waals surface area contributed by atoms with Gasteiger partial charge >= 0.3 is 5.97 Å². The van der Waals surface area contributed by atoms with Gasteiger partial charge in [-0.1, -0.05) is 11.6 Å². The highest BCUT2D eigenvalue weighted by Gasteiger charge is 2.22. The van der Waals surface area contributed by atoms with Gasteiger partial charge in [0.2, 0.25) is 6.10 Å². The second-order valence-corrected chi connectivity index (χ2v) is 4.70. The molecule has 0 aliphatic rings. The van der Waals surface area contributed by atoms with Gasteiger partial charge < -0.3 is 9.84 Å². The maximum absolute atomic E-state index is 11.1. The Hall–Kier alpha value is -2.14. The first kappa shape index (κ1) is 14.3. The first-order chi connectivity index (χ1) is 9.49. The third-order valence-electron chi connectivity index (χ3n) is 2.70. The number of carbonyl (C=O) groups excluding carboxylic acids is 1. The van der Waals surface area contributed by atoms with Gasteiger partial charge in [-0.3, -0.25) is 9.78 Å². The van der Waals surface area contributed by atoms with Crippen LogP contribution in [-0.2, 0) is 9.59 Å². The summed E-state index contributed by atoms with van der Waals surface area (Å²) in [5.41, 5.74) is 0.467. The number of ether oxygens (including phenoxy) is 1. The summed E-state index contributed by atoms with van der Waals surface area (Å²) in [4.78, 5) is 26.4. The number of fused-ring (bicyclic) bond motifs is 1. The van der Waals surface area contributed by atoms with Crippen molar-refractivity contribution in [2.45, 2.75) is 19.4 Å². The Bertz CT molecular complexity index is 671. The molecule has 0 radical (unpaired) electrons. The highest BCUT2D eigenvalue weighted by atomic mass is 35.5. The van der Waals surface area contributed by atoms with E-state index >= 15 is 0 Å². The van der Waals surface area contributed by atoms with Crippen molar-refractivity contribution in [2.75, 3.05) is 0 Å². The van der Waals surface area contributed by atoms with E-state index in [9.17, 15) is 9.59 Å². The van der Waals surface area contributed by atoms with Gasteiger partial charge in [0.15, 0.2) is 0 Å². The molecule has 2 rings (SSSR count). The minimum atomic E-state index is -1.24. The van der Waals surface area contributed by atoms with Crippen LogP contribution in [0.1, 0.15) is 13.3 Å². The molecule has 104 valence electrons. The molecule has 1 atom stereocenters. The smallest absolute Gasteiger partial charge is 0.345 e. The van der Waals surface area contributed by atoms with E-state index in [0.29, 0.717) is 21.7 Å². The summed E-state index contributed by atoms with van der Waals surface area (Å²) >= 11 is 6.05. The fourth-order valence-electron chi connectivity index (χ4n) is 1.80. The predicted octanol–water partition coefficient (Wildman–Crippen LogP) is 2.70. The van der Waals surface area contributed by atoms with E-state index in [4.69, 9.17) is 21.4 Å². The zero-order valence-corrected chi connectivity index (χ0v) is 11.4. The SMILES string of the molecule is CC(=O)CC(Oc1ccc(Cl)c2cccnc12)C(=O)O. The maximum atomic E-state index is 11.1.